The van der Waals surface area contributed by atoms with Crippen LogP contribution in [0.1, 0.15) is 24.2 Å². The highest BCUT2D eigenvalue weighted by atomic mass is 35.5. The van der Waals surface area contributed by atoms with Crippen LogP contribution < -0.4 is 4.74 Å². The Kier molecular flexibility index (Phi) is 5.24. The zero-order valence-corrected chi connectivity index (χ0v) is 11.5. The molecule has 1 unspecified atom stereocenters. The highest BCUT2D eigenvalue weighted by Gasteiger charge is 2.16. The number of methoxy groups -OCH3 is 1. The average Bonchev–Trinajstić information content (AvgIpc) is 2.25. The second-order valence-corrected chi connectivity index (χ2v) is 5.54. The van der Waals surface area contributed by atoms with Crippen molar-refractivity contribution in [1.29, 1.82) is 0 Å². The summed E-state index contributed by atoms with van der Waals surface area (Å²) in [7, 11) is 1.81. The van der Waals surface area contributed by atoms with E-state index in [9.17, 15) is 4.79 Å². The molecule has 1 aromatic carbocycles. The third-order valence-corrected chi connectivity index (χ3v) is 4.00. The number of hydrogen-bond acceptors (Lipinski definition) is 2. The lowest BCUT2D eigenvalue weighted by molar-refractivity contribution is 0.108. The Bertz CT molecular complexity index is 377. The quantitative estimate of drug-likeness (QED) is 0.751. The topological polar surface area (TPSA) is 26.3 Å². The smallest absolute Gasteiger partial charge is 0.186 e. The molecule has 16 heavy (non-hydrogen) atoms. The third-order valence-electron chi connectivity index (χ3n) is 2.09. The Balaban J connectivity index is 2.89. The van der Waals surface area contributed by atoms with Crippen molar-refractivity contribution in [3.8, 4) is 5.75 Å². The van der Waals surface area contributed by atoms with Gasteiger partial charge in [0.2, 0.25) is 0 Å². The van der Waals surface area contributed by atoms with E-state index in [1.807, 2.05) is 0 Å². The van der Waals surface area contributed by atoms with Gasteiger partial charge in [-0.1, -0.05) is 31.5 Å². The van der Waals surface area contributed by atoms with Crippen molar-refractivity contribution in [1.82, 2.24) is 0 Å². The summed E-state index contributed by atoms with van der Waals surface area (Å²) in [5.41, 5.74) is 0.599. The van der Waals surface area contributed by atoms with E-state index >= 15 is 0 Å². The first-order chi connectivity index (χ1) is 7.56. The summed E-state index contributed by atoms with van der Waals surface area (Å²) in [6, 6.07) is 5.26. The van der Waals surface area contributed by atoms with E-state index < -0.39 is 0 Å². The van der Waals surface area contributed by atoms with Gasteiger partial charge < -0.3 is 4.74 Å². The van der Waals surface area contributed by atoms with E-state index in [4.69, 9.17) is 16.3 Å². The van der Waals surface area contributed by atoms with E-state index in [0.29, 0.717) is 22.3 Å². The summed E-state index contributed by atoms with van der Waals surface area (Å²) in [6.45, 7) is 4.20. The van der Waals surface area contributed by atoms with Crippen LogP contribution in [0.5, 0.6) is 5.75 Å². The van der Waals surface area contributed by atoms with Crippen LogP contribution >= 0.6 is 20.2 Å². The molecule has 88 valence electrons. The Morgan fingerprint density at radius 1 is 1.50 bits per heavy atom. The molecule has 0 amide bonds. The second kappa shape index (κ2) is 6.22. The fourth-order valence-corrected chi connectivity index (χ4v) is 2.64. The summed E-state index contributed by atoms with van der Waals surface area (Å²) in [6.07, 6.45) is 0.896. The largest absolute Gasteiger partial charge is 0.496 e. The monoisotopic (exact) mass is 258 g/mol. The predicted molar refractivity (Wildman–Crippen MR) is 70.4 cm³/mol. The van der Waals surface area contributed by atoms with Gasteiger partial charge in [-0.3, -0.25) is 4.79 Å². The highest BCUT2D eigenvalue weighted by molar-refractivity contribution is 7.58. The summed E-state index contributed by atoms with van der Waals surface area (Å²) in [5, 5.41) is 0.473. The first kappa shape index (κ1) is 13.5. The molecule has 0 saturated carbocycles. The predicted octanol–water partition coefficient (Wildman–Crippen LogP) is 3.82. The van der Waals surface area contributed by atoms with Gasteiger partial charge in [-0.2, -0.15) is 0 Å². The Hall–Kier alpha value is -0.590. The van der Waals surface area contributed by atoms with Crippen LogP contribution in [-0.2, 0) is 0 Å². The molecule has 1 rings (SSSR count). The number of carbonyl (C=O) groups excluding carboxylic acids is 1. The van der Waals surface area contributed by atoms with E-state index in [-0.39, 0.29) is 14.1 Å². The van der Waals surface area contributed by atoms with Crippen molar-refractivity contribution in [2.24, 2.45) is 5.92 Å². The molecule has 0 radical (unpaired) electrons. The first-order valence-electron chi connectivity index (χ1n) is 5.17. The zero-order valence-electron chi connectivity index (χ0n) is 9.71. The average molecular weight is 259 g/mol. The van der Waals surface area contributed by atoms with Crippen LogP contribution in [0.25, 0.3) is 0 Å². The van der Waals surface area contributed by atoms with Gasteiger partial charge in [0.1, 0.15) is 5.75 Å². The van der Waals surface area contributed by atoms with E-state index in [0.717, 1.165) is 6.16 Å². The third kappa shape index (κ3) is 3.47. The SMILES string of the molecule is COc1cccc(Cl)c1C(=O)PCC(C)C. The molecule has 0 aliphatic rings. The van der Waals surface area contributed by atoms with Crippen LogP contribution in [0.15, 0.2) is 18.2 Å². The van der Waals surface area contributed by atoms with Gasteiger partial charge in [0.25, 0.3) is 0 Å². The Morgan fingerprint density at radius 2 is 2.19 bits per heavy atom. The zero-order chi connectivity index (χ0) is 12.1. The number of halogens is 1. The van der Waals surface area contributed by atoms with Crippen molar-refractivity contribution in [2.45, 2.75) is 13.8 Å². The van der Waals surface area contributed by atoms with Crippen molar-refractivity contribution in [2.75, 3.05) is 13.3 Å². The molecule has 0 spiro atoms. The standard InChI is InChI=1S/C12H16ClO2P/c1-8(2)7-16-12(14)11-9(13)5-4-6-10(11)15-3/h4-6,8,16H,7H2,1-3H3. The minimum atomic E-state index is 0.0798. The van der Waals surface area contributed by atoms with Gasteiger partial charge >= 0.3 is 0 Å². The Labute approximate surface area is 103 Å². The fourth-order valence-electron chi connectivity index (χ4n) is 1.28. The minimum absolute atomic E-state index is 0.0798. The first-order valence-corrected chi connectivity index (χ1v) is 6.75. The molecular formula is C12H16ClO2P. The van der Waals surface area contributed by atoms with Gasteiger partial charge in [-0.15, -0.1) is 0 Å². The van der Waals surface area contributed by atoms with E-state index in [2.05, 4.69) is 13.8 Å². The van der Waals surface area contributed by atoms with Crippen LogP contribution in [0.4, 0.5) is 0 Å². The van der Waals surface area contributed by atoms with Crippen LogP contribution in [0.2, 0.25) is 5.02 Å². The van der Waals surface area contributed by atoms with E-state index in [1.165, 1.54) is 0 Å². The molecule has 0 heterocycles. The summed E-state index contributed by atoms with van der Waals surface area (Å²) < 4.78 is 5.15. The summed E-state index contributed by atoms with van der Waals surface area (Å²) in [5.74, 6) is 1.09. The molecule has 0 aliphatic carbocycles. The van der Waals surface area contributed by atoms with Crippen LogP contribution in [0, 0.1) is 5.92 Å². The number of benzene rings is 1. The van der Waals surface area contributed by atoms with Crippen molar-refractivity contribution < 1.29 is 9.53 Å². The Morgan fingerprint density at radius 3 is 2.75 bits per heavy atom. The fraction of sp³-hybridized carbons (Fsp3) is 0.417. The lowest BCUT2D eigenvalue weighted by atomic mass is 10.2. The molecule has 0 saturated heterocycles. The van der Waals surface area contributed by atoms with Gasteiger partial charge in [0.05, 0.1) is 17.7 Å². The molecule has 1 aromatic rings. The summed E-state index contributed by atoms with van der Waals surface area (Å²) >= 11 is 6.02. The minimum Gasteiger partial charge on any atom is -0.496 e. The second-order valence-electron chi connectivity index (χ2n) is 3.92. The number of ether oxygens (including phenoxy) is 1. The van der Waals surface area contributed by atoms with Crippen LogP contribution in [-0.4, -0.2) is 18.8 Å². The maximum Gasteiger partial charge on any atom is 0.186 e. The lowest BCUT2D eigenvalue weighted by Crippen LogP contribution is -2.00. The molecule has 0 bridgehead atoms. The van der Waals surface area contributed by atoms with Crippen molar-refractivity contribution >= 4 is 25.7 Å². The molecule has 2 nitrogen and oxygen atoms in total. The lowest BCUT2D eigenvalue weighted by Gasteiger charge is -2.10. The van der Waals surface area contributed by atoms with E-state index in [1.54, 1.807) is 25.3 Å². The van der Waals surface area contributed by atoms with Gasteiger partial charge in [-0.25, -0.2) is 0 Å². The van der Waals surface area contributed by atoms with Gasteiger partial charge in [0.15, 0.2) is 5.52 Å². The van der Waals surface area contributed by atoms with Crippen LogP contribution in [0.3, 0.4) is 0 Å². The maximum absolute atomic E-state index is 12.0. The summed E-state index contributed by atoms with van der Waals surface area (Å²) in [4.78, 5) is 12.0. The molecular weight excluding hydrogens is 243 g/mol. The molecule has 0 fully saturated rings. The van der Waals surface area contributed by atoms with Gasteiger partial charge in [0, 0.05) is 0 Å². The molecule has 0 aromatic heterocycles. The molecule has 4 heteroatoms. The van der Waals surface area contributed by atoms with Crippen molar-refractivity contribution in [3.05, 3.63) is 28.8 Å². The number of rotatable bonds is 5. The van der Waals surface area contributed by atoms with Crippen molar-refractivity contribution in [3.63, 3.8) is 0 Å². The number of carbonyl (C=O) groups is 1. The highest BCUT2D eigenvalue weighted by Crippen LogP contribution is 2.32. The molecule has 0 N–H and O–H groups in total. The van der Waals surface area contributed by atoms with Gasteiger partial charge in [-0.05, 0) is 32.8 Å². The normalized spacial score (nSPS) is 11.3. The molecule has 0 aliphatic heterocycles. The maximum atomic E-state index is 12.0. The number of hydrogen-bond donors (Lipinski definition) is 0. The molecule has 1 atom stereocenters.